The van der Waals surface area contributed by atoms with Crippen molar-refractivity contribution in [1.29, 1.82) is 5.41 Å². The monoisotopic (exact) mass is 456 g/mol. The molecule has 0 bridgehead atoms. The van der Waals surface area contributed by atoms with Crippen LogP contribution in [0.5, 0.6) is 0 Å². The van der Waals surface area contributed by atoms with Gasteiger partial charge < -0.3 is 26.3 Å². The van der Waals surface area contributed by atoms with E-state index in [4.69, 9.17) is 16.9 Å². The number of halogens is 1. The van der Waals surface area contributed by atoms with Crippen LogP contribution in [0.2, 0.25) is 0 Å². The first kappa shape index (κ1) is 29.4. The molecule has 1 heterocycles. The normalized spacial score (nSPS) is 12.7. The van der Waals surface area contributed by atoms with Gasteiger partial charge in [0.15, 0.2) is 0 Å². The molecule has 33 heavy (non-hydrogen) atoms. The first-order valence-electron chi connectivity index (χ1n) is 10.9. The lowest BCUT2D eigenvalue weighted by atomic mass is 10.0. The van der Waals surface area contributed by atoms with Gasteiger partial charge in [0.25, 0.3) is 0 Å². The molecular formula is C25H37FN6O. The molecule has 180 valence electrons. The summed E-state index contributed by atoms with van der Waals surface area (Å²) < 4.78 is 14.5. The summed E-state index contributed by atoms with van der Waals surface area (Å²) >= 11 is 0. The van der Waals surface area contributed by atoms with Gasteiger partial charge in [-0.25, -0.2) is 9.37 Å². The van der Waals surface area contributed by atoms with Gasteiger partial charge in [0.1, 0.15) is 12.5 Å². The van der Waals surface area contributed by atoms with Crippen LogP contribution in [0.3, 0.4) is 0 Å². The minimum Gasteiger partial charge on any atom is -0.398 e. The summed E-state index contributed by atoms with van der Waals surface area (Å²) in [5, 5.41) is 7.82. The Morgan fingerprint density at radius 3 is 2.48 bits per heavy atom. The van der Waals surface area contributed by atoms with Gasteiger partial charge in [0, 0.05) is 68.1 Å². The van der Waals surface area contributed by atoms with Crippen molar-refractivity contribution in [3.8, 4) is 11.8 Å². The van der Waals surface area contributed by atoms with Crippen LogP contribution in [-0.2, 0) is 11.8 Å². The quantitative estimate of drug-likeness (QED) is 0.227. The lowest BCUT2D eigenvalue weighted by Gasteiger charge is -2.11. The van der Waals surface area contributed by atoms with Crippen LogP contribution in [-0.4, -0.2) is 46.8 Å². The number of hydrogen-bond acceptors (Lipinski definition) is 5. The minimum absolute atomic E-state index is 0.230. The third-order valence-electron chi connectivity index (χ3n) is 4.44. The zero-order chi connectivity index (χ0) is 25.6. The fourth-order valence-corrected chi connectivity index (χ4v) is 2.78. The van der Waals surface area contributed by atoms with Crippen molar-refractivity contribution in [2.24, 2.45) is 18.5 Å². The fourth-order valence-electron chi connectivity index (χ4n) is 2.78. The molecular weight excluding hydrogens is 419 g/mol. The molecule has 0 aliphatic rings. The number of rotatable bonds is 9. The molecule has 0 atom stereocenters. The van der Waals surface area contributed by atoms with Crippen molar-refractivity contribution in [2.75, 3.05) is 20.3 Å². The van der Waals surface area contributed by atoms with Crippen LogP contribution >= 0.6 is 0 Å². The Balaban J connectivity index is 0.00000497. The van der Waals surface area contributed by atoms with E-state index in [1.807, 2.05) is 38.6 Å². The van der Waals surface area contributed by atoms with Crippen LogP contribution in [0.25, 0.3) is 11.1 Å². The predicted molar refractivity (Wildman–Crippen MR) is 136 cm³/mol. The van der Waals surface area contributed by atoms with E-state index >= 15 is 0 Å². The van der Waals surface area contributed by atoms with Crippen LogP contribution in [0.4, 0.5) is 4.39 Å². The van der Waals surface area contributed by atoms with Gasteiger partial charge in [-0.05, 0) is 19.9 Å². The number of aryl methyl sites for hydroxylation is 1. The van der Waals surface area contributed by atoms with E-state index in [0.717, 1.165) is 6.21 Å². The Bertz CT molecular complexity index is 1000. The number of imidazole rings is 1. The van der Waals surface area contributed by atoms with Gasteiger partial charge in [-0.3, -0.25) is 4.79 Å². The second-order valence-corrected chi connectivity index (χ2v) is 6.82. The summed E-state index contributed by atoms with van der Waals surface area (Å²) in [7, 11) is 3.60. The molecule has 1 aromatic rings. The largest absolute Gasteiger partial charge is 0.398 e. The first-order valence-corrected chi connectivity index (χ1v) is 10.9. The highest BCUT2D eigenvalue weighted by molar-refractivity contribution is 5.97. The number of allylic oxidation sites excluding steroid dienone is 4. The van der Waals surface area contributed by atoms with E-state index in [2.05, 4.69) is 16.8 Å². The highest BCUT2D eigenvalue weighted by Gasteiger charge is 2.15. The maximum atomic E-state index is 12.7. The zero-order valence-corrected chi connectivity index (χ0v) is 20.8. The lowest BCUT2D eigenvalue weighted by Crippen LogP contribution is -2.15. The molecule has 1 aromatic heterocycles. The van der Waals surface area contributed by atoms with E-state index in [-0.39, 0.29) is 17.8 Å². The predicted octanol–water partition coefficient (Wildman–Crippen LogP) is 3.80. The maximum absolute atomic E-state index is 12.7. The molecule has 0 spiro atoms. The van der Waals surface area contributed by atoms with E-state index in [1.54, 1.807) is 38.1 Å². The van der Waals surface area contributed by atoms with Crippen LogP contribution in [0, 0.1) is 17.3 Å². The number of aromatic nitrogens is 2. The molecule has 1 amide bonds. The Labute approximate surface area is 197 Å². The van der Waals surface area contributed by atoms with Gasteiger partial charge >= 0.3 is 0 Å². The van der Waals surface area contributed by atoms with E-state index in [0.29, 0.717) is 34.7 Å². The standard InChI is InChI=1S/C23H31FN6O.C2H6/c1-6-8-9-18(14-29(4)11-10-24)21-15-30(5)23(28-21)16(3)19(13-25)20(26)12-17(7-2)22(27)31;1-2/h7,12-15,25H,6,10-11,26H2,1-5H3,(H2,27,31);1-2H3/b17-7?,18-14+,19-16+,20-12+,25-13?;. The van der Waals surface area contributed by atoms with Gasteiger partial charge in [-0.1, -0.05) is 38.7 Å². The molecule has 8 heteroatoms. The smallest absolute Gasteiger partial charge is 0.248 e. The Hall–Kier alpha value is -3.60. The number of hydrogen-bond donors (Lipinski definition) is 3. The SMILES string of the molecule is CC.CC=C(/C=C(N)\C(C=N)=C(/C)c1nc(/C(C#CCC)=C/N(C)CCF)cn1C)C(N)=O. The van der Waals surface area contributed by atoms with Crippen LogP contribution in [0.1, 0.15) is 52.6 Å². The molecule has 7 nitrogen and oxygen atoms in total. The molecule has 0 aliphatic heterocycles. The summed E-state index contributed by atoms with van der Waals surface area (Å²) in [4.78, 5) is 17.9. The molecule has 5 N–H and O–H groups in total. The van der Waals surface area contributed by atoms with E-state index in [9.17, 15) is 9.18 Å². The topological polar surface area (TPSA) is 114 Å². The number of nitrogens with one attached hydrogen (secondary N) is 1. The van der Waals surface area contributed by atoms with Crippen LogP contribution in [0.15, 0.2) is 41.4 Å². The Morgan fingerprint density at radius 2 is 2.00 bits per heavy atom. The van der Waals surface area contributed by atoms with Crippen molar-refractivity contribution in [3.63, 3.8) is 0 Å². The third kappa shape index (κ3) is 8.81. The molecule has 0 unspecified atom stereocenters. The minimum atomic E-state index is -0.603. The summed E-state index contributed by atoms with van der Waals surface area (Å²) in [5.74, 6) is 6.09. The first-order chi connectivity index (χ1) is 15.7. The van der Waals surface area contributed by atoms with Crippen molar-refractivity contribution in [2.45, 2.75) is 41.0 Å². The summed E-state index contributed by atoms with van der Waals surface area (Å²) in [6.07, 6.45) is 8.38. The number of nitrogens with two attached hydrogens (primary N) is 2. The van der Waals surface area contributed by atoms with Crippen molar-refractivity contribution in [1.82, 2.24) is 14.5 Å². The fraction of sp³-hybridized carbons (Fsp3) is 0.400. The van der Waals surface area contributed by atoms with E-state index in [1.165, 1.54) is 6.08 Å². The van der Waals surface area contributed by atoms with Gasteiger partial charge in [0.05, 0.1) is 11.3 Å². The van der Waals surface area contributed by atoms with Crippen molar-refractivity contribution in [3.05, 3.63) is 52.9 Å². The highest BCUT2D eigenvalue weighted by atomic mass is 19.1. The number of nitrogens with zero attached hydrogens (tertiary/aromatic N) is 3. The van der Waals surface area contributed by atoms with Gasteiger partial charge in [-0.2, -0.15) is 0 Å². The maximum Gasteiger partial charge on any atom is 0.248 e. The summed E-state index contributed by atoms with van der Waals surface area (Å²) in [6, 6.07) is 0. The Morgan fingerprint density at radius 1 is 1.36 bits per heavy atom. The van der Waals surface area contributed by atoms with Gasteiger partial charge in [-0.15, -0.1) is 0 Å². The second-order valence-electron chi connectivity index (χ2n) is 6.82. The van der Waals surface area contributed by atoms with Crippen molar-refractivity contribution >= 4 is 23.3 Å². The van der Waals surface area contributed by atoms with Gasteiger partial charge in [0.2, 0.25) is 5.91 Å². The number of primary amides is 1. The van der Waals surface area contributed by atoms with E-state index < -0.39 is 12.6 Å². The van der Waals surface area contributed by atoms with Crippen molar-refractivity contribution < 1.29 is 9.18 Å². The number of carbonyl (C=O) groups excluding carboxylic acids is 1. The number of alkyl halides is 1. The molecule has 0 saturated carbocycles. The average molecular weight is 457 g/mol. The number of carbonyl (C=O) groups is 1. The zero-order valence-electron chi connectivity index (χ0n) is 20.8. The molecule has 1 rings (SSSR count). The summed E-state index contributed by atoms with van der Waals surface area (Å²) in [5.41, 5.74) is 14.3. The highest BCUT2D eigenvalue weighted by Crippen LogP contribution is 2.23. The molecule has 0 radical (unpaired) electrons. The average Bonchev–Trinajstić information content (AvgIpc) is 3.18. The molecule has 0 aromatic carbocycles. The molecule has 0 saturated heterocycles. The molecule has 0 aliphatic carbocycles. The molecule has 0 fully saturated rings. The lowest BCUT2D eigenvalue weighted by molar-refractivity contribution is -0.114. The third-order valence-corrected chi connectivity index (χ3v) is 4.44. The second kappa shape index (κ2) is 15.2. The summed E-state index contributed by atoms with van der Waals surface area (Å²) in [6.45, 7) is 9.21. The van der Waals surface area contributed by atoms with Crippen LogP contribution < -0.4 is 11.5 Å². The number of amides is 1. The Kier molecular flexibility index (Phi) is 13.6.